The Hall–Kier alpha value is -11.2. The summed E-state index contributed by atoms with van der Waals surface area (Å²) in [6.45, 7) is 0.323. The van der Waals surface area contributed by atoms with Crippen LogP contribution >= 0.6 is 25.3 Å². The third-order valence-corrected chi connectivity index (χ3v) is 18.1. The van der Waals surface area contributed by atoms with Crippen LogP contribution in [0.25, 0.3) is 0 Å². The standard InChI is InChI=1S/C71H112N24O18S2/c1-37(96)56(68(111)89-48(23-27-74)62(105)84-44(11-5-6-25-72)60(103)93-53(35-114)66(109)88-47(22-26-73)61(104)85-46(13-8-30-83-71(80)81)59(102)92-52(69(112)113)33-40-16-20-42(98)21-17-40)95-63(106)49(24-28-75)87-58(101)45(12-7-29-82-70(78)79)86-65(108)51(34-55(77)99)91-67(110)54(36-115)94-64(107)50(32-39-14-18-41(97)19-15-39)90-57(100)43(76)31-38-9-3-2-4-10-38/h2-4,9-10,14-21,37,43-54,56,96-98,114-115H,5-8,11-13,22-36,72-76H2,1H3,(H2,77,99)(H,84,105)(H,85,104)(H,86,108)(H,87,101)(H,88,109)(H,89,111)(H,90,100)(H,91,110)(H,92,102)(H,93,103)(H,94,107)(H,95,106)(H,112,113)(H4,78,79,82)(H4,80,81,83)/t37-,43+,44+,45+,46+,47+,48-,49+,50+,51+,52+,53+,54+,56+/m1/s1. The average Bonchev–Trinajstić information content (AvgIpc) is 0.856. The van der Waals surface area contributed by atoms with Crippen molar-refractivity contribution in [3.05, 3.63) is 95.6 Å². The fraction of sp³-hybridized carbons (Fsp3) is 0.521. The number of hydrogen-bond acceptors (Lipinski definition) is 26. The van der Waals surface area contributed by atoms with Crippen molar-refractivity contribution in [2.24, 2.45) is 67.3 Å². The van der Waals surface area contributed by atoms with Crippen molar-refractivity contribution in [1.29, 1.82) is 0 Å². The minimum Gasteiger partial charge on any atom is -0.508 e. The zero-order valence-corrected chi connectivity index (χ0v) is 65.5. The molecule has 0 bridgehead atoms. The number of aliphatic hydroxyl groups is 1. The summed E-state index contributed by atoms with van der Waals surface area (Å²) in [6, 6.07) is -0.224. The van der Waals surface area contributed by atoms with Gasteiger partial charge >= 0.3 is 5.97 Å². The van der Waals surface area contributed by atoms with Crippen LogP contribution in [0.5, 0.6) is 11.5 Å². The monoisotopic (exact) mass is 1650 g/mol. The first-order valence-corrected chi connectivity index (χ1v) is 38.2. The van der Waals surface area contributed by atoms with Crippen LogP contribution in [-0.2, 0) is 86.4 Å². The molecule has 0 heterocycles. The number of unbranched alkanes of at least 4 members (excludes halogenated alkanes) is 1. The van der Waals surface area contributed by atoms with Crippen LogP contribution in [0, 0.1) is 0 Å². The number of aliphatic imine (C=N–C) groups is 2. The number of nitrogens with one attached hydrogen (secondary N) is 12. The maximum absolute atomic E-state index is 14.4. The molecule has 0 fully saturated rings. The van der Waals surface area contributed by atoms with E-state index in [4.69, 9.17) is 57.3 Å². The molecule has 13 amide bonds. The summed E-state index contributed by atoms with van der Waals surface area (Å²) in [6.07, 6.45) is -3.84. The molecular weight excluding hydrogens is 1540 g/mol. The Kier molecular flexibility index (Phi) is 44.6. The number of aromatic hydroxyl groups is 2. The minimum atomic E-state index is -1.92. The molecule has 36 N–H and O–H groups in total. The van der Waals surface area contributed by atoms with Crippen LogP contribution in [0.4, 0.5) is 0 Å². The fourth-order valence-electron chi connectivity index (χ4n) is 11.2. The Balaban J connectivity index is 1.84. The first kappa shape index (κ1) is 98.0. The van der Waals surface area contributed by atoms with Gasteiger partial charge in [0.15, 0.2) is 11.9 Å². The van der Waals surface area contributed by atoms with Gasteiger partial charge in [-0.15, -0.1) is 0 Å². The number of phenolic OH excluding ortho intramolecular Hbond substituents is 2. The van der Waals surface area contributed by atoms with E-state index in [1.165, 1.54) is 48.5 Å². The highest BCUT2D eigenvalue weighted by atomic mass is 32.1. The number of rotatable bonds is 54. The Morgan fingerprint density at radius 2 is 0.678 bits per heavy atom. The largest absolute Gasteiger partial charge is 0.508 e. The van der Waals surface area contributed by atoms with E-state index >= 15 is 0 Å². The van der Waals surface area contributed by atoms with Gasteiger partial charge in [-0.05, 0) is 145 Å². The van der Waals surface area contributed by atoms with Gasteiger partial charge < -0.3 is 142 Å². The van der Waals surface area contributed by atoms with Gasteiger partial charge in [-0.2, -0.15) is 25.3 Å². The first-order chi connectivity index (χ1) is 54.6. The Morgan fingerprint density at radius 3 is 1.04 bits per heavy atom. The van der Waals surface area contributed by atoms with E-state index in [2.05, 4.69) is 99.0 Å². The van der Waals surface area contributed by atoms with Gasteiger partial charge in [-0.1, -0.05) is 54.6 Å². The molecule has 0 aliphatic carbocycles. The molecule has 0 aliphatic heterocycles. The summed E-state index contributed by atoms with van der Waals surface area (Å²) in [5, 5.41) is 70.2. The molecule has 3 aromatic rings. The minimum absolute atomic E-state index is 0.00672. The third-order valence-electron chi connectivity index (χ3n) is 17.4. The maximum Gasteiger partial charge on any atom is 0.326 e. The number of carbonyl (C=O) groups is 14. The molecular formula is C71H112N24O18S2. The number of aliphatic carboxylic acids is 1. The molecule has 0 aliphatic rings. The number of thiol groups is 2. The van der Waals surface area contributed by atoms with E-state index in [0.717, 1.165) is 12.5 Å². The number of carboxylic acid groups (broad SMARTS) is 1. The fourth-order valence-corrected chi connectivity index (χ4v) is 11.7. The van der Waals surface area contributed by atoms with Crippen LogP contribution in [0.2, 0.25) is 0 Å². The average molecular weight is 1650 g/mol. The van der Waals surface area contributed by atoms with Gasteiger partial charge in [0.2, 0.25) is 76.8 Å². The van der Waals surface area contributed by atoms with Gasteiger partial charge in [-0.3, -0.25) is 72.3 Å². The maximum atomic E-state index is 14.4. The van der Waals surface area contributed by atoms with Crippen molar-refractivity contribution in [3.63, 3.8) is 0 Å². The SMILES string of the molecule is C[C@@H](O)[C@H](NC(=O)[C@H](CCN)NC(=O)[C@H](CCCN=C(N)N)NC(=O)[C@H](CC(N)=O)NC(=O)[C@H](CS)NC(=O)[C@H](Cc1ccc(O)cc1)NC(=O)[C@@H](N)Cc1ccccc1)C(=O)N[C@H](CCN)C(=O)N[C@@H](CCCCN)C(=O)N[C@@H](CS)C(=O)N[C@@H](CCN)C(=O)N[C@@H](CCCN=C(N)N)C(=O)N[C@@H](Cc1ccc(O)cc1)C(=O)O. The summed E-state index contributed by atoms with van der Waals surface area (Å²) in [4.78, 5) is 202. The molecule has 115 heavy (non-hydrogen) atoms. The van der Waals surface area contributed by atoms with E-state index in [1.807, 2.05) is 0 Å². The van der Waals surface area contributed by atoms with E-state index in [9.17, 15) is 87.5 Å². The molecule has 0 saturated carbocycles. The van der Waals surface area contributed by atoms with E-state index in [1.54, 1.807) is 30.3 Å². The zero-order chi connectivity index (χ0) is 85.9. The summed E-state index contributed by atoms with van der Waals surface area (Å²) in [5.74, 6) is -16.4. The van der Waals surface area contributed by atoms with Gasteiger partial charge in [0.05, 0.1) is 18.6 Å². The molecule has 3 aromatic carbocycles. The van der Waals surface area contributed by atoms with Crippen molar-refractivity contribution in [1.82, 2.24) is 63.8 Å². The molecule has 3 rings (SSSR count). The van der Waals surface area contributed by atoms with Gasteiger partial charge in [-0.25, -0.2) is 4.79 Å². The predicted octanol–water partition coefficient (Wildman–Crippen LogP) is -9.25. The number of guanidine groups is 2. The molecule has 42 nitrogen and oxygen atoms in total. The lowest BCUT2D eigenvalue weighted by Crippen LogP contribution is -2.62. The van der Waals surface area contributed by atoms with Gasteiger partial charge in [0, 0.05) is 37.4 Å². The molecule has 44 heteroatoms. The van der Waals surface area contributed by atoms with Crippen LogP contribution in [-0.4, -0.2) is 251 Å². The lowest BCUT2D eigenvalue weighted by molar-refractivity contribution is -0.142. The highest BCUT2D eigenvalue weighted by Gasteiger charge is 2.38. The Morgan fingerprint density at radius 1 is 0.365 bits per heavy atom. The quantitative estimate of drug-likeness (QED) is 0.0108. The number of nitrogens with zero attached hydrogens (tertiary/aromatic N) is 2. The molecule has 14 atom stereocenters. The van der Waals surface area contributed by atoms with Crippen LogP contribution in [0.3, 0.4) is 0 Å². The second-order valence-electron chi connectivity index (χ2n) is 26.7. The summed E-state index contributed by atoms with van der Waals surface area (Å²) >= 11 is 8.51. The highest BCUT2D eigenvalue weighted by molar-refractivity contribution is 7.80. The second kappa shape index (κ2) is 52.3. The Labute approximate surface area is 674 Å². The number of phenols is 2. The number of carbonyl (C=O) groups excluding carboxylic acids is 13. The van der Waals surface area contributed by atoms with E-state index in [-0.39, 0.29) is 140 Å². The molecule has 0 saturated heterocycles. The smallest absolute Gasteiger partial charge is 0.326 e. The number of primary amides is 1. The normalized spacial score (nSPS) is 14.7. The summed E-state index contributed by atoms with van der Waals surface area (Å²) < 4.78 is 0. The van der Waals surface area contributed by atoms with E-state index in [0.29, 0.717) is 17.5 Å². The Bertz CT molecular complexity index is 3750. The number of amides is 13. The summed E-state index contributed by atoms with van der Waals surface area (Å²) in [7, 11) is 0. The number of benzene rings is 3. The predicted molar refractivity (Wildman–Crippen MR) is 429 cm³/mol. The van der Waals surface area contributed by atoms with Gasteiger partial charge in [0.1, 0.15) is 84.0 Å². The number of nitrogens with two attached hydrogens (primary N) is 10. The lowest BCUT2D eigenvalue weighted by atomic mass is 10.0. The van der Waals surface area contributed by atoms with Crippen LogP contribution in [0.15, 0.2) is 88.8 Å². The van der Waals surface area contributed by atoms with Crippen molar-refractivity contribution < 1.29 is 87.5 Å². The topological polar surface area (TPSA) is 749 Å². The third kappa shape index (κ3) is 36.7. The highest BCUT2D eigenvalue weighted by Crippen LogP contribution is 2.16. The molecule has 0 aromatic heterocycles. The molecule has 0 radical (unpaired) electrons. The second-order valence-corrected chi connectivity index (χ2v) is 27.5. The zero-order valence-electron chi connectivity index (χ0n) is 63.7. The van der Waals surface area contributed by atoms with Crippen molar-refractivity contribution >= 4 is 120 Å². The van der Waals surface area contributed by atoms with Crippen molar-refractivity contribution in [3.8, 4) is 11.5 Å². The first-order valence-electron chi connectivity index (χ1n) is 36.9. The lowest BCUT2D eigenvalue weighted by Gasteiger charge is -2.29. The van der Waals surface area contributed by atoms with E-state index < -0.39 is 185 Å². The number of carboxylic acids is 1. The van der Waals surface area contributed by atoms with Gasteiger partial charge in [0.25, 0.3) is 0 Å². The number of aliphatic hydroxyl groups excluding tert-OH is 1. The molecule has 636 valence electrons. The van der Waals surface area contributed by atoms with Crippen molar-refractivity contribution in [2.45, 2.75) is 181 Å². The van der Waals surface area contributed by atoms with Crippen LogP contribution < -0.4 is 121 Å². The van der Waals surface area contributed by atoms with Crippen molar-refractivity contribution in [2.75, 3.05) is 50.8 Å². The number of hydrogen-bond donors (Lipinski definition) is 28. The molecule has 0 spiro atoms. The summed E-state index contributed by atoms with van der Waals surface area (Å²) in [5.41, 5.74) is 58.8. The van der Waals surface area contributed by atoms with Crippen LogP contribution in [0.1, 0.15) is 94.2 Å². The molecule has 0 unspecified atom stereocenters.